The summed E-state index contributed by atoms with van der Waals surface area (Å²) < 4.78 is 33.9. The molecule has 0 heterocycles. The molecule has 1 aliphatic carbocycles. The van der Waals surface area contributed by atoms with Crippen molar-refractivity contribution in [2.45, 2.75) is 38.5 Å². The highest BCUT2D eigenvalue weighted by atomic mass is 19.1. The lowest BCUT2D eigenvalue weighted by molar-refractivity contribution is 0.321. The molecular formula is C22H24F2O. The van der Waals surface area contributed by atoms with Gasteiger partial charge in [-0.05, 0) is 79.3 Å². The second kappa shape index (κ2) is 7.81. The van der Waals surface area contributed by atoms with E-state index in [1.165, 1.54) is 12.1 Å². The standard InChI is InChI=1S/C22H24F2O/c1-3-15-5-7-16(8-6-15)19-11-9-17(13-20(19)23)18-10-12-22(25-4-2)21(24)14-18/h3,9-16H,1,4-8H2,2H3. The van der Waals surface area contributed by atoms with E-state index in [2.05, 4.69) is 6.58 Å². The molecule has 0 N–H and O–H groups in total. The van der Waals surface area contributed by atoms with Crippen LogP contribution in [0.2, 0.25) is 0 Å². The molecule has 132 valence electrons. The van der Waals surface area contributed by atoms with Crippen molar-refractivity contribution in [3.05, 3.63) is 66.3 Å². The molecule has 0 unspecified atom stereocenters. The van der Waals surface area contributed by atoms with Gasteiger partial charge in [0.1, 0.15) is 5.82 Å². The van der Waals surface area contributed by atoms with E-state index < -0.39 is 5.82 Å². The summed E-state index contributed by atoms with van der Waals surface area (Å²) in [6.07, 6.45) is 6.13. The molecule has 1 aliphatic rings. The molecule has 25 heavy (non-hydrogen) atoms. The zero-order chi connectivity index (χ0) is 17.8. The first-order valence-corrected chi connectivity index (χ1v) is 8.97. The summed E-state index contributed by atoms with van der Waals surface area (Å²) in [5.74, 6) is 0.426. The maximum atomic E-state index is 14.7. The van der Waals surface area contributed by atoms with Crippen molar-refractivity contribution in [2.75, 3.05) is 6.61 Å². The molecule has 3 rings (SSSR count). The van der Waals surface area contributed by atoms with Crippen molar-refractivity contribution in [2.24, 2.45) is 5.92 Å². The Morgan fingerprint density at radius 3 is 2.20 bits per heavy atom. The summed E-state index contributed by atoms with van der Waals surface area (Å²) in [5.41, 5.74) is 2.11. The number of hydrogen-bond donors (Lipinski definition) is 0. The van der Waals surface area contributed by atoms with E-state index in [1.54, 1.807) is 12.1 Å². The Morgan fingerprint density at radius 2 is 1.64 bits per heavy atom. The Balaban J connectivity index is 1.80. The van der Waals surface area contributed by atoms with E-state index >= 15 is 0 Å². The van der Waals surface area contributed by atoms with Crippen LogP contribution in [0.15, 0.2) is 49.1 Å². The lowest BCUT2D eigenvalue weighted by Gasteiger charge is -2.27. The van der Waals surface area contributed by atoms with Crippen LogP contribution in [0.1, 0.15) is 44.1 Å². The topological polar surface area (TPSA) is 9.23 Å². The van der Waals surface area contributed by atoms with Gasteiger partial charge in [0.05, 0.1) is 6.61 Å². The summed E-state index contributed by atoms with van der Waals surface area (Å²) in [7, 11) is 0. The van der Waals surface area contributed by atoms with Gasteiger partial charge >= 0.3 is 0 Å². The van der Waals surface area contributed by atoms with Crippen molar-refractivity contribution < 1.29 is 13.5 Å². The number of benzene rings is 2. The molecule has 2 aromatic carbocycles. The van der Waals surface area contributed by atoms with E-state index in [9.17, 15) is 8.78 Å². The molecule has 0 spiro atoms. The molecular weight excluding hydrogens is 318 g/mol. The van der Waals surface area contributed by atoms with Crippen molar-refractivity contribution in [1.29, 1.82) is 0 Å². The SMILES string of the molecule is C=CC1CCC(c2ccc(-c3ccc(OCC)c(F)c3)cc2F)CC1. The molecule has 0 atom stereocenters. The number of rotatable bonds is 5. The van der Waals surface area contributed by atoms with Gasteiger partial charge in [-0.3, -0.25) is 0 Å². The average Bonchev–Trinajstić information content (AvgIpc) is 2.63. The third-order valence-corrected chi connectivity index (χ3v) is 5.11. The fraction of sp³-hybridized carbons (Fsp3) is 0.364. The molecule has 3 heteroatoms. The Labute approximate surface area is 148 Å². The van der Waals surface area contributed by atoms with Gasteiger partial charge in [0.2, 0.25) is 0 Å². The smallest absolute Gasteiger partial charge is 0.165 e. The minimum absolute atomic E-state index is 0.200. The largest absolute Gasteiger partial charge is 0.491 e. The fourth-order valence-corrected chi connectivity index (χ4v) is 3.66. The lowest BCUT2D eigenvalue weighted by atomic mass is 9.78. The number of halogens is 2. The Hall–Kier alpha value is -2.16. The number of allylic oxidation sites excluding steroid dienone is 1. The minimum Gasteiger partial charge on any atom is -0.491 e. The van der Waals surface area contributed by atoms with E-state index in [0.29, 0.717) is 23.7 Å². The third kappa shape index (κ3) is 3.92. The zero-order valence-corrected chi connectivity index (χ0v) is 14.6. The number of ether oxygens (including phenoxy) is 1. The summed E-state index contributed by atoms with van der Waals surface area (Å²) in [4.78, 5) is 0. The van der Waals surface area contributed by atoms with Gasteiger partial charge in [0, 0.05) is 0 Å². The second-order valence-corrected chi connectivity index (χ2v) is 6.66. The third-order valence-electron chi connectivity index (χ3n) is 5.11. The molecule has 0 aliphatic heterocycles. The highest BCUT2D eigenvalue weighted by Gasteiger charge is 2.23. The maximum absolute atomic E-state index is 14.7. The monoisotopic (exact) mass is 342 g/mol. The van der Waals surface area contributed by atoms with E-state index in [-0.39, 0.29) is 17.5 Å². The summed E-state index contributed by atoms with van der Waals surface area (Å²) in [6.45, 7) is 6.08. The van der Waals surface area contributed by atoms with Crippen LogP contribution in [0.4, 0.5) is 8.78 Å². The Kier molecular flexibility index (Phi) is 5.52. The molecule has 1 saturated carbocycles. The van der Waals surface area contributed by atoms with Gasteiger partial charge in [-0.2, -0.15) is 0 Å². The molecule has 1 fully saturated rings. The predicted octanol–water partition coefficient (Wildman–Crippen LogP) is 6.49. The molecule has 0 bridgehead atoms. The van der Waals surface area contributed by atoms with Crippen LogP contribution in [0.5, 0.6) is 5.75 Å². The van der Waals surface area contributed by atoms with Crippen LogP contribution < -0.4 is 4.74 Å². The first kappa shape index (κ1) is 17.7. The molecule has 1 nitrogen and oxygen atoms in total. The van der Waals surface area contributed by atoms with Gasteiger partial charge in [-0.1, -0.05) is 24.3 Å². The van der Waals surface area contributed by atoms with Crippen molar-refractivity contribution in [1.82, 2.24) is 0 Å². The zero-order valence-electron chi connectivity index (χ0n) is 14.6. The highest BCUT2D eigenvalue weighted by molar-refractivity contribution is 5.65. The molecule has 0 amide bonds. The highest BCUT2D eigenvalue weighted by Crippen LogP contribution is 2.38. The van der Waals surface area contributed by atoms with Crippen molar-refractivity contribution >= 4 is 0 Å². The van der Waals surface area contributed by atoms with Gasteiger partial charge in [0.25, 0.3) is 0 Å². The summed E-state index contributed by atoms with van der Waals surface area (Å²) >= 11 is 0. The summed E-state index contributed by atoms with van der Waals surface area (Å²) in [5, 5.41) is 0. The van der Waals surface area contributed by atoms with Crippen LogP contribution in [0.25, 0.3) is 11.1 Å². The van der Waals surface area contributed by atoms with Gasteiger partial charge in [0.15, 0.2) is 11.6 Å². The van der Waals surface area contributed by atoms with E-state index in [4.69, 9.17) is 4.74 Å². The average molecular weight is 342 g/mol. The molecule has 2 aromatic rings. The van der Waals surface area contributed by atoms with Gasteiger partial charge in [-0.15, -0.1) is 6.58 Å². The molecule has 0 saturated heterocycles. The van der Waals surface area contributed by atoms with Crippen LogP contribution in [0, 0.1) is 17.6 Å². The van der Waals surface area contributed by atoms with E-state index in [0.717, 1.165) is 31.2 Å². The summed E-state index contributed by atoms with van der Waals surface area (Å²) in [6, 6.07) is 10.0. The molecule has 0 aromatic heterocycles. The van der Waals surface area contributed by atoms with Crippen LogP contribution >= 0.6 is 0 Å². The molecule has 0 radical (unpaired) electrons. The van der Waals surface area contributed by atoms with Crippen molar-refractivity contribution in [3.63, 3.8) is 0 Å². The van der Waals surface area contributed by atoms with Crippen LogP contribution in [0.3, 0.4) is 0 Å². The van der Waals surface area contributed by atoms with Crippen molar-refractivity contribution in [3.8, 4) is 16.9 Å². The second-order valence-electron chi connectivity index (χ2n) is 6.66. The first-order chi connectivity index (χ1) is 12.1. The van der Waals surface area contributed by atoms with Crippen LogP contribution in [-0.2, 0) is 0 Å². The first-order valence-electron chi connectivity index (χ1n) is 8.97. The van der Waals surface area contributed by atoms with Crippen LogP contribution in [-0.4, -0.2) is 6.61 Å². The minimum atomic E-state index is -0.424. The fourth-order valence-electron chi connectivity index (χ4n) is 3.66. The predicted molar refractivity (Wildman–Crippen MR) is 97.9 cm³/mol. The maximum Gasteiger partial charge on any atom is 0.165 e. The Bertz CT molecular complexity index is 746. The van der Waals surface area contributed by atoms with Gasteiger partial charge in [-0.25, -0.2) is 8.78 Å². The lowest BCUT2D eigenvalue weighted by Crippen LogP contribution is -2.12. The quantitative estimate of drug-likeness (QED) is 0.564. The van der Waals surface area contributed by atoms with Gasteiger partial charge < -0.3 is 4.74 Å². The Morgan fingerprint density at radius 1 is 1.00 bits per heavy atom. The van der Waals surface area contributed by atoms with E-state index in [1.807, 2.05) is 25.1 Å². The normalized spacial score (nSPS) is 20.3. The number of hydrogen-bond acceptors (Lipinski definition) is 1.